The van der Waals surface area contributed by atoms with E-state index >= 15 is 0 Å². The van der Waals surface area contributed by atoms with E-state index in [9.17, 15) is 0 Å². The number of fused-ring (bicyclic) bond motifs is 1. The number of anilines is 1. The molecule has 1 atom stereocenters. The average Bonchev–Trinajstić information content (AvgIpc) is 2.98. The molecule has 0 saturated heterocycles. The molecule has 0 aliphatic heterocycles. The van der Waals surface area contributed by atoms with Crippen LogP contribution in [0.2, 0.25) is 0 Å². The standard InChI is InChI=1S/C38H35N/c1-29-21-24-34-17-10-11-20-36(34)37(29)38(3,30(2)14-12-13-27-39-35-18-8-5-9-19-35)28-31-22-25-33(26-23-31)32-15-6-4-7-16-32/h4-27,39H,2,28H2,1,3H3/b14-12+,27-13+. The van der Waals surface area contributed by atoms with E-state index in [2.05, 4.69) is 141 Å². The van der Waals surface area contributed by atoms with Crippen LogP contribution < -0.4 is 5.32 Å². The first kappa shape index (κ1) is 26.0. The molecular weight excluding hydrogens is 470 g/mol. The Hall–Kier alpha value is -4.62. The number of aryl methyl sites for hydroxylation is 1. The van der Waals surface area contributed by atoms with Crippen LogP contribution in [-0.2, 0) is 11.8 Å². The zero-order valence-corrected chi connectivity index (χ0v) is 22.8. The number of hydrogen-bond acceptors (Lipinski definition) is 1. The van der Waals surface area contributed by atoms with Crippen molar-refractivity contribution in [2.24, 2.45) is 0 Å². The van der Waals surface area contributed by atoms with Crippen LogP contribution >= 0.6 is 0 Å². The van der Waals surface area contributed by atoms with E-state index in [1.807, 2.05) is 30.5 Å². The van der Waals surface area contributed by atoms with Crippen molar-refractivity contribution in [2.75, 3.05) is 5.32 Å². The van der Waals surface area contributed by atoms with Crippen molar-refractivity contribution in [2.45, 2.75) is 25.7 Å². The minimum absolute atomic E-state index is 0.295. The first-order chi connectivity index (χ1) is 19.0. The van der Waals surface area contributed by atoms with Crippen molar-refractivity contribution in [3.8, 4) is 11.1 Å². The maximum atomic E-state index is 4.63. The van der Waals surface area contributed by atoms with Crippen LogP contribution in [0.5, 0.6) is 0 Å². The fourth-order valence-corrected chi connectivity index (χ4v) is 5.42. The number of hydrogen-bond donors (Lipinski definition) is 1. The molecule has 1 heteroatoms. The topological polar surface area (TPSA) is 12.0 Å². The summed E-state index contributed by atoms with van der Waals surface area (Å²) >= 11 is 0. The zero-order valence-electron chi connectivity index (χ0n) is 22.8. The Morgan fingerprint density at radius 1 is 0.718 bits per heavy atom. The molecule has 0 aliphatic rings. The van der Waals surface area contributed by atoms with Gasteiger partial charge in [0.15, 0.2) is 0 Å². The molecule has 0 fully saturated rings. The number of allylic oxidation sites excluding steroid dienone is 4. The van der Waals surface area contributed by atoms with Crippen LogP contribution in [0.1, 0.15) is 23.6 Å². The van der Waals surface area contributed by atoms with Gasteiger partial charge in [-0.25, -0.2) is 0 Å². The van der Waals surface area contributed by atoms with E-state index in [1.165, 1.54) is 38.6 Å². The van der Waals surface area contributed by atoms with Crippen molar-refractivity contribution < 1.29 is 0 Å². The van der Waals surface area contributed by atoms with Gasteiger partial charge in [-0.05, 0) is 75.7 Å². The van der Waals surface area contributed by atoms with Gasteiger partial charge in [0.05, 0.1) is 0 Å². The molecule has 0 aromatic heterocycles. The highest BCUT2D eigenvalue weighted by Gasteiger charge is 2.32. The monoisotopic (exact) mass is 505 g/mol. The summed E-state index contributed by atoms with van der Waals surface area (Å²) in [7, 11) is 0. The summed E-state index contributed by atoms with van der Waals surface area (Å²) in [5.74, 6) is 0. The normalized spacial score (nSPS) is 13.1. The van der Waals surface area contributed by atoms with E-state index in [1.54, 1.807) is 0 Å². The molecule has 0 spiro atoms. The molecule has 0 bridgehead atoms. The lowest BCUT2D eigenvalue weighted by molar-refractivity contribution is 0.569. The van der Waals surface area contributed by atoms with Crippen molar-refractivity contribution in [1.29, 1.82) is 0 Å². The molecule has 5 aromatic rings. The summed E-state index contributed by atoms with van der Waals surface area (Å²) in [6.45, 7) is 9.19. The molecule has 0 radical (unpaired) electrons. The smallest absolute Gasteiger partial charge is 0.0379 e. The molecule has 0 heterocycles. The van der Waals surface area contributed by atoms with Crippen molar-refractivity contribution >= 4 is 16.5 Å². The fraction of sp³-hybridized carbons (Fsp3) is 0.105. The van der Waals surface area contributed by atoms with Crippen LogP contribution in [0.3, 0.4) is 0 Å². The van der Waals surface area contributed by atoms with Gasteiger partial charge in [0.25, 0.3) is 0 Å². The first-order valence-corrected chi connectivity index (χ1v) is 13.5. The first-order valence-electron chi connectivity index (χ1n) is 13.5. The third kappa shape index (κ3) is 5.94. The van der Waals surface area contributed by atoms with Gasteiger partial charge in [-0.2, -0.15) is 0 Å². The summed E-state index contributed by atoms with van der Waals surface area (Å²) in [4.78, 5) is 0. The zero-order chi connectivity index (χ0) is 27.1. The number of rotatable bonds is 9. The highest BCUT2D eigenvalue weighted by molar-refractivity contribution is 5.88. The molecule has 192 valence electrons. The highest BCUT2D eigenvalue weighted by Crippen LogP contribution is 2.41. The van der Waals surface area contributed by atoms with Crippen LogP contribution in [-0.4, -0.2) is 0 Å². The fourth-order valence-electron chi connectivity index (χ4n) is 5.42. The lowest BCUT2D eigenvalue weighted by Crippen LogP contribution is -2.28. The molecule has 1 N–H and O–H groups in total. The van der Waals surface area contributed by atoms with Crippen LogP contribution in [0.25, 0.3) is 21.9 Å². The van der Waals surface area contributed by atoms with Crippen molar-refractivity contribution in [1.82, 2.24) is 0 Å². The molecule has 0 amide bonds. The summed E-state index contributed by atoms with van der Waals surface area (Å²) in [5.41, 5.74) is 8.24. The number of para-hydroxylation sites is 1. The second-order valence-electron chi connectivity index (χ2n) is 10.3. The molecule has 1 nitrogen and oxygen atoms in total. The Morgan fingerprint density at radius 3 is 2.10 bits per heavy atom. The summed E-state index contributed by atoms with van der Waals surface area (Å²) in [5, 5.41) is 5.86. The summed E-state index contributed by atoms with van der Waals surface area (Å²) in [6.07, 6.45) is 9.08. The van der Waals surface area contributed by atoms with Crippen LogP contribution in [0.15, 0.2) is 158 Å². The minimum Gasteiger partial charge on any atom is -0.362 e. The van der Waals surface area contributed by atoms with Gasteiger partial charge >= 0.3 is 0 Å². The SMILES string of the molecule is C=C(/C=C/C=C/Nc1ccccc1)C(C)(Cc1ccc(-c2ccccc2)cc1)c1c(C)ccc2ccccc12. The van der Waals surface area contributed by atoms with Gasteiger partial charge in [-0.1, -0.05) is 135 Å². The quantitative estimate of drug-likeness (QED) is 0.197. The predicted molar refractivity (Wildman–Crippen MR) is 169 cm³/mol. The average molecular weight is 506 g/mol. The molecular formula is C38H35N. The second kappa shape index (κ2) is 11.8. The van der Waals surface area contributed by atoms with Gasteiger partial charge < -0.3 is 5.32 Å². The Balaban J connectivity index is 1.48. The molecule has 5 rings (SSSR count). The molecule has 0 aliphatic carbocycles. The molecule has 5 aromatic carbocycles. The minimum atomic E-state index is -0.295. The van der Waals surface area contributed by atoms with Gasteiger partial charge in [-0.3, -0.25) is 0 Å². The van der Waals surface area contributed by atoms with Gasteiger partial charge in [0.1, 0.15) is 0 Å². The third-order valence-corrected chi connectivity index (χ3v) is 7.55. The maximum absolute atomic E-state index is 4.63. The van der Waals surface area contributed by atoms with Gasteiger partial charge in [0.2, 0.25) is 0 Å². The Bertz CT molecular complexity index is 1610. The molecule has 1 unspecified atom stereocenters. The van der Waals surface area contributed by atoms with Crippen molar-refractivity contribution in [3.05, 3.63) is 175 Å². The van der Waals surface area contributed by atoms with Crippen LogP contribution in [0, 0.1) is 6.92 Å². The van der Waals surface area contributed by atoms with E-state index < -0.39 is 0 Å². The van der Waals surface area contributed by atoms with E-state index in [0.717, 1.165) is 17.7 Å². The van der Waals surface area contributed by atoms with E-state index in [4.69, 9.17) is 0 Å². The van der Waals surface area contributed by atoms with Gasteiger partial charge in [0, 0.05) is 17.3 Å². The highest BCUT2D eigenvalue weighted by atomic mass is 14.8. The van der Waals surface area contributed by atoms with E-state index in [-0.39, 0.29) is 5.41 Å². The summed E-state index contributed by atoms with van der Waals surface area (Å²) < 4.78 is 0. The Morgan fingerprint density at radius 2 is 1.36 bits per heavy atom. The van der Waals surface area contributed by atoms with Gasteiger partial charge in [-0.15, -0.1) is 0 Å². The Kier molecular flexibility index (Phi) is 7.89. The van der Waals surface area contributed by atoms with E-state index in [0.29, 0.717) is 0 Å². The Labute approximate surface area is 232 Å². The predicted octanol–water partition coefficient (Wildman–Crippen LogP) is 10.1. The summed E-state index contributed by atoms with van der Waals surface area (Å²) in [6, 6.07) is 42.9. The maximum Gasteiger partial charge on any atom is 0.0379 e. The molecule has 0 saturated carbocycles. The lowest BCUT2D eigenvalue weighted by Gasteiger charge is -2.34. The van der Waals surface area contributed by atoms with Crippen LogP contribution in [0.4, 0.5) is 5.69 Å². The molecule has 39 heavy (non-hydrogen) atoms. The third-order valence-electron chi connectivity index (χ3n) is 7.55. The second-order valence-corrected chi connectivity index (χ2v) is 10.3. The largest absolute Gasteiger partial charge is 0.362 e. The number of nitrogens with one attached hydrogen (secondary N) is 1. The number of benzene rings is 5. The van der Waals surface area contributed by atoms with Crippen molar-refractivity contribution in [3.63, 3.8) is 0 Å². The lowest BCUT2D eigenvalue weighted by atomic mass is 9.69.